The van der Waals surface area contributed by atoms with Crippen LogP contribution in [0.2, 0.25) is 0 Å². The van der Waals surface area contributed by atoms with Crippen LogP contribution in [0.3, 0.4) is 0 Å². The summed E-state index contributed by atoms with van der Waals surface area (Å²) >= 11 is 6.45. The van der Waals surface area contributed by atoms with Gasteiger partial charge in [-0.3, -0.25) is 0 Å². The molecule has 0 bridgehead atoms. The van der Waals surface area contributed by atoms with E-state index in [1.54, 1.807) is 7.11 Å². The minimum Gasteiger partial charge on any atom is -0.382 e. The lowest BCUT2D eigenvalue weighted by Crippen LogP contribution is -2.28. The van der Waals surface area contributed by atoms with Crippen LogP contribution in [0.15, 0.2) is 0 Å². The molecule has 1 rings (SSSR count). The standard InChI is InChI=1S/C15H29ClO2/c1-12(2)13-6-7-15(16)14(11-13)5-4-8-18-10-9-17-3/h12-15H,4-11H2,1-3H3. The fourth-order valence-electron chi connectivity index (χ4n) is 2.86. The SMILES string of the molecule is COCCOCCCC1CC(C(C)C)CCC1Cl. The molecular formula is C15H29ClO2. The summed E-state index contributed by atoms with van der Waals surface area (Å²) in [6, 6.07) is 0. The molecule has 18 heavy (non-hydrogen) atoms. The van der Waals surface area contributed by atoms with E-state index in [1.165, 1.54) is 25.7 Å². The highest BCUT2D eigenvalue weighted by Gasteiger charge is 2.29. The Bertz CT molecular complexity index is 209. The fourth-order valence-corrected chi connectivity index (χ4v) is 3.21. The molecule has 1 fully saturated rings. The van der Waals surface area contributed by atoms with Crippen molar-refractivity contribution in [1.82, 2.24) is 0 Å². The lowest BCUT2D eigenvalue weighted by atomic mass is 9.74. The summed E-state index contributed by atoms with van der Waals surface area (Å²) in [6.07, 6.45) is 6.16. The summed E-state index contributed by atoms with van der Waals surface area (Å²) in [7, 11) is 1.70. The first kappa shape index (κ1) is 16.3. The van der Waals surface area contributed by atoms with Crippen LogP contribution in [0.4, 0.5) is 0 Å². The predicted molar refractivity (Wildman–Crippen MR) is 77.2 cm³/mol. The topological polar surface area (TPSA) is 18.5 Å². The molecular weight excluding hydrogens is 248 g/mol. The van der Waals surface area contributed by atoms with E-state index < -0.39 is 0 Å². The number of hydrogen-bond donors (Lipinski definition) is 0. The second-order valence-corrected chi connectivity index (χ2v) is 6.40. The van der Waals surface area contributed by atoms with E-state index in [4.69, 9.17) is 21.1 Å². The maximum Gasteiger partial charge on any atom is 0.0700 e. The van der Waals surface area contributed by atoms with Crippen molar-refractivity contribution in [3.8, 4) is 0 Å². The largest absolute Gasteiger partial charge is 0.382 e. The Kier molecular flexibility index (Phi) is 8.28. The van der Waals surface area contributed by atoms with Gasteiger partial charge < -0.3 is 9.47 Å². The fraction of sp³-hybridized carbons (Fsp3) is 1.00. The number of hydrogen-bond acceptors (Lipinski definition) is 2. The molecule has 1 saturated carbocycles. The van der Waals surface area contributed by atoms with Gasteiger partial charge in [0.05, 0.1) is 13.2 Å². The normalized spacial score (nSPS) is 28.8. The maximum atomic E-state index is 6.45. The number of ether oxygens (including phenoxy) is 2. The van der Waals surface area contributed by atoms with E-state index in [1.807, 2.05) is 0 Å². The minimum absolute atomic E-state index is 0.388. The van der Waals surface area contributed by atoms with Crippen molar-refractivity contribution in [2.24, 2.45) is 17.8 Å². The lowest BCUT2D eigenvalue weighted by molar-refractivity contribution is 0.0655. The van der Waals surface area contributed by atoms with Crippen molar-refractivity contribution in [2.45, 2.75) is 51.3 Å². The molecule has 0 heterocycles. The molecule has 0 aromatic carbocycles. The Labute approximate surface area is 117 Å². The van der Waals surface area contributed by atoms with Gasteiger partial charge in [0.2, 0.25) is 0 Å². The average molecular weight is 277 g/mol. The zero-order chi connectivity index (χ0) is 13.4. The molecule has 0 N–H and O–H groups in total. The van der Waals surface area contributed by atoms with E-state index in [9.17, 15) is 0 Å². The Hall–Kier alpha value is 0.210. The van der Waals surface area contributed by atoms with Crippen LogP contribution in [-0.2, 0) is 9.47 Å². The molecule has 0 amide bonds. The highest BCUT2D eigenvalue weighted by Crippen LogP contribution is 2.38. The van der Waals surface area contributed by atoms with Crippen molar-refractivity contribution in [1.29, 1.82) is 0 Å². The minimum atomic E-state index is 0.388. The zero-order valence-corrected chi connectivity index (χ0v) is 12.9. The molecule has 1 aliphatic rings. The third-order valence-electron chi connectivity index (χ3n) is 4.17. The number of rotatable bonds is 8. The molecule has 0 aromatic heterocycles. The first-order valence-electron chi connectivity index (χ1n) is 7.36. The van der Waals surface area contributed by atoms with Gasteiger partial charge in [0.15, 0.2) is 0 Å². The number of halogens is 1. The third-order valence-corrected chi connectivity index (χ3v) is 4.74. The molecule has 3 atom stereocenters. The van der Waals surface area contributed by atoms with Crippen molar-refractivity contribution in [3.05, 3.63) is 0 Å². The highest BCUT2D eigenvalue weighted by atomic mass is 35.5. The van der Waals surface area contributed by atoms with Gasteiger partial charge in [-0.2, -0.15) is 0 Å². The summed E-state index contributed by atoms with van der Waals surface area (Å²) in [5.74, 6) is 2.37. The number of methoxy groups -OCH3 is 1. The van der Waals surface area contributed by atoms with Crippen molar-refractivity contribution >= 4 is 11.6 Å². The van der Waals surface area contributed by atoms with Crippen LogP contribution in [0.5, 0.6) is 0 Å². The molecule has 1 aliphatic carbocycles. The Morgan fingerprint density at radius 3 is 2.61 bits per heavy atom. The van der Waals surface area contributed by atoms with Gasteiger partial charge in [-0.05, 0) is 49.9 Å². The van der Waals surface area contributed by atoms with Crippen LogP contribution in [-0.4, -0.2) is 32.3 Å². The van der Waals surface area contributed by atoms with E-state index in [0.717, 1.165) is 24.9 Å². The second-order valence-electron chi connectivity index (χ2n) is 5.84. The van der Waals surface area contributed by atoms with Gasteiger partial charge >= 0.3 is 0 Å². The molecule has 2 nitrogen and oxygen atoms in total. The Morgan fingerprint density at radius 1 is 1.17 bits per heavy atom. The third kappa shape index (κ3) is 5.90. The van der Waals surface area contributed by atoms with E-state index in [2.05, 4.69) is 13.8 Å². The first-order valence-corrected chi connectivity index (χ1v) is 7.79. The van der Waals surface area contributed by atoms with Crippen molar-refractivity contribution < 1.29 is 9.47 Å². The quantitative estimate of drug-likeness (QED) is 0.491. The van der Waals surface area contributed by atoms with Crippen molar-refractivity contribution in [3.63, 3.8) is 0 Å². The second kappa shape index (κ2) is 9.17. The predicted octanol–water partition coefficient (Wildman–Crippen LogP) is 4.11. The van der Waals surface area contributed by atoms with Gasteiger partial charge in [-0.1, -0.05) is 13.8 Å². The molecule has 3 unspecified atom stereocenters. The molecule has 108 valence electrons. The Morgan fingerprint density at radius 2 is 1.94 bits per heavy atom. The maximum absolute atomic E-state index is 6.45. The monoisotopic (exact) mass is 276 g/mol. The summed E-state index contributed by atoms with van der Waals surface area (Å²) < 4.78 is 10.5. The van der Waals surface area contributed by atoms with Gasteiger partial charge in [0.25, 0.3) is 0 Å². The van der Waals surface area contributed by atoms with Crippen LogP contribution in [0.1, 0.15) is 46.0 Å². The molecule has 0 aromatic rings. The van der Waals surface area contributed by atoms with E-state index in [-0.39, 0.29) is 0 Å². The molecule has 0 aliphatic heterocycles. The summed E-state index contributed by atoms with van der Waals surface area (Å²) in [5, 5.41) is 0.388. The number of alkyl halides is 1. The van der Waals surface area contributed by atoms with Gasteiger partial charge in [0, 0.05) is 19.1 Å². The zero-order valence-electron chi connectivity index (χ0n) is 12.2. The summed E-state index contributed by atoms with van der Waals surface area (Å²) in [6.45, 7) is 6.92. The molecule has 0 radical (unpaired) electrons. The van der Waals surface area contributed by atoms with Crippen LogP contribution >= 0.6 is 11.6 Å². The van der Waals surface area contributed by atoms with Gasteiger partial charge in [-0.25, -0.2) is 0 Å². The smallest absolute Gasteiger partial charge is 0.0700 e. The van der Waals surface area contributed by atoms with Gasteiger partial charge in [0.1, 0.15) is 0 Å². The van der Waals surface area contributed by atoms with Gasteiger partial charge in [-0.15, -0.1) is 11.6 Å². The molecule has 0 spiro atoms. The Balaban J connectivity index is 2.15. The average Bonchev–Trinajstić information content (AvgIpc) is 2.35. The van der Waals surface area contributed by atoms with E-state index >= 15 is 0 Å². The van der Waals surface area contributed by atoms with E-state index in [0.29, 0.717) is 24.5 Å². The van der Waals surface area contributed by atoms with Crippen LogP contribution < -0.4 is 0 Å². The van der Waals surface area contributed by atoms with Crippen LogP contribution in [0.25, 0.3) is 0 Å². The van der Waals surface area contributed by atoms with Crippen LogP contribution in [0, 0.1) is 17.8 Å². The lowest BCUT2D eigenvalue weighted by Gasteiger charge is -2.35. The summed E-state index contributed by atoms with van der Waals surface area (Å²) in [4.78, 5) is 0. The first-order chi connectivity index (χ1) is 8.65. The molecule has 0 saturated heterocycles. The highest BCUT2D eigenvalue weighted by molar-refractivity contribution is 6.20. The van der Waals surface area contributed by atoms with Crippen molar-refractivity contribution in [2.75, 3.05) is 26.9 Å². The summed E-state index contributed by atoms with van der Waals surface area (Å²) in [5.41, 5.74) is 0. The molecule has 3 heteroatoms.